The Morgan fingerprint density at radius 2 is 2.15 bits per heavy atom. The highest BCUT2D eigenvalue weighted by molar-refractivity contribution is 5.99. The summed E-state index contributed by atoms with van der Waals surface area (Å²) in [7, 11) is 1.81. The fraction of sp³-hybridized carbons (Fsp3) is 0.438. The van der Waals surface area contributed by atoms with Crippen molar-refractivity contribution < 1.29 is 14.9 Å². The van der Waals surface area contributed by atoms with Crippen LogP contribution in [-0.4, -0.2) is 35.2 Å². The van der Waals surface area contributed by atoms with Crippen molar-refractivity contribution in [3.63, 3.8) is 0 Å². The third-order valence-electron chi connectivity index (χ3n) is 5.05. The summed E-state index contributed by atoms with van der Waals surface area (Å²) < 4.78 is 5.95. The van der Waals surface area contributed by atoms with Gasteiger partial charge in [-0.05, 0) is 18.6 Å². The third-order valence-corrected chi connectivity index (χ3v) is 5.05. The molecule has 4 rings (SSSR count). The Bertz CT molecular complexity index is 664. The van der Waals surface area contributed by atoms with Crippen LogP contribution in [0.1, 0.15) is 17.5 Å². The molecule has 0 saturated heterocycles. The van der Waals surface area contributed by atoms with Crippen molar-refractivity contribution in [3.8, 4) is 11.5 Å². The Morgan fingerprint density at radius 3 is 2.90 bits per heavy atom. The first-order valence-corrected chi connectivity index (χ1v) is 6.91. The van der Waals surface area contributed by atoms with Crippen LogP contribution in [-0.2, 0) is 5.41 Å². The van der Waals surface area contributed by atoms with Crippen molar-refractivity contribution in [1.82, 2.24) is 0 Å². The van der Waals surface area contributed by atoms with Gasteiger partial charge in [0, 0.05) is 30.7 Å². The van der Waals surface area contributed by atoms with Crippen molar-refractivity contribution in [2.75, 3.05) is 7.05 Å². The van der Waals surface area contributed by atoms with Gasteiger partial charge in [0.05, 0.1) is 5.41 Å². The summed E-state index contributed by atoms with van der Waals surface area (Å²) >= 11 is 0. The number of allylic oxidation sites excluding steroid dienone is 1. The third kappa shape index (κ3) is 1.14. The Balaban J connectivity index is 1.97. The lowest BCUT2D eigenvalue weighted by Crippen LogP contribution is -2.62. The highest BCUT2D eigenvalue weighted by Crippen LogP contribution is 2.62. The molecule has 0 bridgehead atoms. The summed E-state index contributed by atoms with van der Waals surface area (Å²) in [6, 6.07) is 3.57. The minimum absolute atomic E-state index is 0.155. The normalized spacial score (nSPS) is 38.8. The molecular weight excluding hydrogens is 254 g/mol. The first-order valence-electron chi connectivity index (χ1n) is 6.91. The second-order valence-electron chi connectivity index (χ2n) is 5.93. The van der Waals surface area contributed by atoms with Crippen LogP contribution in [0.15, 0.2) is 29.3 Å². The Kier molecular flexibility index (Phi) is 2.18. The molecule has 0 unspecified atom stereocenters. The molecule has 1 saturated carbocycles. The van der Waals surface area contributed by atoms with Crippen LogP contribution in [0.5, 0.6) is 11.5 Å². The monoisotopic (exact) mass is 271 g/mol. The fourth-order valence-corrected chi connectivity index (χ4v) is 4.15. The number of aliphatic hydroxyl groups excluding tert-OH is 1. The molecule has 0 aromatic heterocycles. The number of aromatic hydroxyl groups is 1. The Morgan fingerprint density at radius 1 is 1.35 bits per heavy atom. The molecule has 3 aliphatic rings. The Labute approximate surface area is 117 Å². The molecule has 20 heavy (non-hydrogen) atoms. The van der Waals surface area contributed by atoms with Crippen LogP contribution < -0.4 is 4.74 Å². The van der Waals surface area contributed by atoms with E-state index >= 15 is 0 Å². The molecule has 4 heteroatoms. The van der Waals surface area contributed by atoms with E-state index in [1.54, 1.807) is 12.1 Å². The average molecular weight is 271 g/mol. The number of aliphatic hydroxyl groups is 1. The summed E-state index contributed by atoms with van der Waals surface area (Å²) in [5.41, 5.74) is 3.02. The Hall–Kier alpha value is -1.81. The molecule has 1 aliphatic heterocycles. The molecule has 1 aromatic carbocycles. The van der Waals surface area contributed by atoms with Crippen LogP contribution >= 0.6 is 0 Å². The number of aryl methyl sites for hydroxylation is 1. The number of hydrogen-bond acceptors (Lipinski definition) is 4. The van der Waals surface area contributed by atoms with Crippen LogP contribution in [0, 0.1) is 12.8 Å². The van der Waals surface area contributed by atoms with Crippen LogP contribution in [0.3, 0.4) is 0 Å². The largest absolute Gasteiger partial charge is 0.504 e. The predicted octanol–water partition coefficient (Wildman–Crippen LogP) is 1.72. The molecule has 1 fully saturated rings. The van der Waals surface area contributed by atoms with Gasteiger partial charge >= 0.3 is 0 Å². The van der Waals surface area contributed by atoms with Crippen molar-refractivity contribution in [2.45, 2.75) is 31.0 Å². The van der Waals surface area contributed by atoms with E-state index in [1.807, 2.05) is 26.1 Å². The van der Waals surface area contributed by atoms with Crippen molar-refractivity contribution in [1.29, 1.82) is 0 Å². The van der Waals surface area contributed by atoms with Gasteiger partial charge in [-0.3, -0.25) is 4.99 Å². The molecule has 0 amide bonds. The summed E-state index contributed by atoms with van der Waals surface area (Å²) in [4.78, 5) is 4.35. The predicted molar refractivity (Wildman–Crippen MR) is 75.6 cm³/mol. The lowest BCUT2D eigenvalue weighted by atomic mass is 9.50. The molecule has 1 aromatic rings. The van der Waals surface area contributed by atoms with E-state index in [-0.39, 0.29) is 23.2 Å². The fourth-order valence-electron chi connectivity index (χ4n) is 4.15. The quantitative estimate of drug-likeness (QED) is 0.706. The van der Waals surface area contributed by atoms with E-state index in [2.05, 4.69) is 4.99 Å². The molecule has 4 atom stereocenters. The number of hydrogen-bond donors (Lipinski definition) is 2. The average Bonchev–Trinajstić information content (AvgIpc) is 2.78. The van der Waals surface area contributed by atoms with E-state index in [0.29, 0.717) is 5.75 Å². The maximum Gasteiger partial charge on any atom is 0.165 e. The summed E-state index contributed by atoms with van der Waals surface area (Å²) in [6.45, 7) is 2.03. The van der Waals surface area contributed by atoms with Crippen molar-refractivity contribution >= 4 is 5.71 Å². The number of rotatable bonds is 0. The van der Waals surface area contributed by atoms with Crippen LogP contribution in [0.4, 0.5) is 0 Å². The molecule has 4 nitrogen and oxygen atoms in total. The summed E-state index contributed by atoms with van der Waals surface area (Å²) in [6.07, 6.45) is 3.64. The van der Waals surface area contributed by atoms with E-state index in [4.69, 9.17) is 4.74 Å². The topological polar surface area (TPSA) is 62.1 Å². The van der Waals surface area contributed by atoms with Crippen molar-refractivity contribution in [3.05, 3.63) is 35.4 Å². The number of fused-ring (bicyclic) bond motifs is 1. The van der Waals surface area contributed by atoms with Gasteiger partial charge in [-0.2, -0.15) is 0 Å². The van der Waals surface area contributed by atoms with Crippen LogP contribution in [0.2, 0.25) is 0 Å². The van der Waals surface area contributed by atoms with E-state index in [9.17, 15) is 10.2 Å². The van der Waals surface area contributed by atoms with Crippen molar-refractivity contribution in [2.24, 2.45) is 10.9 Å². The molecule has 2 N–H and O–H groups in total. The zero-order valence-electron chi connectivity index (χ0n) is 11.5. The number of phenolic OH excluding ortho intramolecular Hbond substituents is 1. The maximum absolute atomic E-state index is 10.3. The summed E-state index contributed by atoms with van der Waals surface area (Å²) in [5, 5.41) is 20.4. The van der Waals surface area contributed by atoms with Gasteiger partial charge in [0.15, 0.2) is 11.5 Å². The van der Waals surface area contributed by atoms with E-state index in [1.165, 1.54) is 0 Å². The lowest BCUT2D eigenvalue weighted by Gasteiger charge is -2.52. The van der Waals surface area contributed by atoms with E-state index < -0.39 is 6.10 Å². The zero-order valence-corrected chi connectivity index (χ0v) is 11.5. The molecule has 1 heterocycles. The minimum atomic E-state index is -0.643. The SMILES string of the molecule is C/N=C1/C[C@]23c4c(C)ccc(O)c4O[C@H]2[C@@H](O)C=C[C@@H]13. The highest BCUT2D eigenvalue weighted by Gasteiger charge is 2.65. The summed E-state index contributed by atoms with van der Waals surface area (Å²) in [5.74, 6) is 0.864. The second kappa shape index (κ2) is 3.64. The zero-order chi connectivity index (χ0) is 14.1. The first kappa shape index (κ1) is 12.0. The van der Waals surface area contributed by atoms with Gasteiger partial charge in [0.1, 0.15) is 12.2 Å². The molecule has 0 radical (unpaired) electrons. The second-order valence-corrected chi connectivity index (χ2v) is 5.93. The number of phenols is 1. The van der Waals surface area contributed by atoms with Crippen LogP contribution in [0.25, 0.3) is 0 Å². The smallest absolute Gasteiger partial charge is 0.165 e. The molecule has 2 aliphatic carbocycles. The van der Waals surface area contributed by atoms with Gasteiger partial charge < -0.3 is 14.9 Å². The number of ether oxygens (including phenoxy) is 1. The van der Waals surface area contributed by atoms with Gasteiger partial charge in [0.2, 0.25) is 0 Å². The van der Waals surface area contributed by atoms with E-state index in [0.717, 1.165) is 23.3 Å². The van der Waals surface area contributed by atoms with Gasteiger partial charge in [-0.1, -0.05) is 18.2 Å². The first-order chi connectivity index (χ1) is 9.59. The molecular formula is C16H17NO3. The van der Waals surface area contributed by atoms with Gasteiger partial charge in [0.25, 0.3) is 0 Å². The number of aliphatic imine (C=N–C) groups is 1. The highest BCUT2D eigenvalue weighted by atomic mass is 16.5. The van der Waals surface area contributed by atoms with Gasteiger partial charge in [-0.25, -0.2) is 0 Å². The molecule has 1 spiro atoms. The van der Waals surface area contributed by atoms with Gasteiger partial charge in [-0.15, -0.1) is 0 Å². The molecule has 104 valence electrons. The minimum Gasteiger partial charge on any atom is -0.504 e. The maximum atomic E-state index is 10.3. The number of benzene rings is 1. The standard InChI is InChI=1S/C16H17NO3/c1-8-3-5-11(18)14-13(8)16-7-10(17-2)9(16)4-6-12(19)15(16)20-14/h3-6,9,12,15,18-19H,7H2,1-2H3/b17-10-/t9-,12-,15-,16-/m0/s1. The number of nitrogens with zero attached hydrogens (tertiary/aromatic N) is 1. The lowest BCUT2D eigenvalue weighted by molar-refractivity contribution is 0.00651.